The molecule has 2 N–H and O–H groups in total. The maximum absolute atomic E-state index is 11.4. The van der Waals surface area contributed by atoms with Crippen molar-refractivity contribution in [1.29, 1.82) is 0 Å². The zero-order valence-corrected chi connectivity index (χ0v) is 15.3. The fourth-order valence-electron chi connectivity index (χ4n) is 3.22. The second-order valence-corrected chi connectivity index (χ2v) is 6.48. The van der Waals surface area contributed by atoms with Crippen LogP contribution in [0.4, 0.5) is 5.82 Å². The van der Waals surface area contributed by atoms with Crippen molar-refractivity contribution in [3.8, 4) is 0 Å². The van der Waals surface area contributed by atoms with Gasteiger partial charge in [0.05, 0.1) is 6.33 Å². The van der Waals surface area contributed by atoms with Crippen LogP contribution in [0.3, 0.4) is 0 Å². The van der Waals surface area contributed by atoms with Gasteiger partial charge in [-0.15, -0.1) is 0 Å². The Balaban J connectivity index is 1.71. The topological polar surface area (TPSA) is 92.9 Å². The molecule has 0 bridgehead atoms. The van der Waals surface area contributed by atoms with Gasteiger partial charge >= 0.3 is 5.97 Å². The minimum atomic E-state index is -1.17. The third-order valence-electron chi connectivity index (χ3n) is 4.63. The Morgan fingerprint density at radius 3 is 2.21 bits per heavy atom. The summed E-state index contributed by atoms with van der Waals surface area (Å²) >= 11 is 0. The molecule has 0 unspecified atom stereocenters. The Labute approximate surface area is 161 Å². The first-order chi connectivity index (χ1) is 13.6. The first-order valence-electron chi connectivity index (χ1n) is 8.89. The van der Waals surface area contributed by atoms with E-state index < -0.39 is 5.97 Å². The number of aromatic nitrogens is 4. The SMILES string of the molecule is Cn1cnc2c(NCC(c3ccccc3)c3ccccc3)nc(C(=O)O)nc21. The van der Waals surface area contributed by atoms with Gasteiger partial charge in [-0.05, 0) is 11.1 Å². The second kappa shape index (κ2) is 7.48. The number of rotatable bonds is 6. The molecular weight excluding hydrogens is 354 g/mol. The van der Waals surface area contributed by atoms with E-state index in [1.807, 2.05) is 36.4 Å². The molecule has 0 radical (unpaired) electrons. The average Bonchev–Trinajstić information content (AvgIpc) is 3.11. The molecule has 0 saturated carbocycles. The number of aromatic carboxylic acids is 1. The number of aryl methyl sites for hydroxylation is 1. The normalized spacial score (nSPS) is 11.1. The number of carboxylic acid groups (broad SMARTS) is 1. The molecule has 4 aromatic rings. The number of carboxylic acids is 1. The largest absolute Gasteiger partial charge is 0.475 e. The number of hydrogen-bond acceptors (Lipinski definition) is 5. The number of benzene rings is 2. The minimum Gasteiger partial charge on any atom is -0.475 e. The van der Waals surface area contributed by atoms with Crippen LogP contribution in [0, 0.1) is 0 Å². The van der Waals surface area contributed by atoms with Crippen LogP contribution in [0.2, 0.25) is 0 Å². The van der Waals surface area contributed by atoms with Crippen molar-refractivity contribution < 1.29 is 9.90 Å². The highest BCUT2D eigenvalue weighted by Crippen LogP contribution is 2.26. The van der Waals surface area contributed by atoms with Gasteiger partial charge in [0.1, 0.15) is 5.52 Å². The van der Waals surface area contributed by atoms with Crippen LogP contribution in [0.5, 0.6) is 0 Å². The number of anilines is 1. The van der Waals surface area contributed by atoms with E-state index in [0.29, 0.717) is 23.5 Å². The molecular formula is C21H19N5O2. The van der Waals surface area contributed by atoms with Crippen molar-refractivity contribution in [1.82, 2.24) is 19.5 Å². The summed E-state index contributed by atoms with van der Waals surface area (Å²) in [6.45, 7) is 0.537. The fourth-order valence-corrected chi connectivity index (χ4v) is 3.22. The lowest BCUT2D eigenvalue weighted by atomic mass is 9.91. The van der Waals surface area contributed by atoms with Crippen molar-refractivity contribution in [2.45, 2.75) is 5.92 Å². The maximum atomic E-state index is 11.4. The first kappa shape index (κ1) is 17.7. The molecule has 7 nitrogen and oxygen atoms in total. The summed E-state index contributed by atoms with van der Waals surface area (Å²) in [6.07, 6.45) is 1.60. The van der Waals surface area contributed by atoms with Gasteiger partial charge in [0.25, 0.3) is 0 Å². The van der Waals surface area contributed by atoms with Crippen molar-refractivity contribution in [2.75, 3.05) is 11.9 Å². The molecule has 7 heteroatoms. The first-order valence-corrected chi connectivity index (χ1v) is 8.89. The zero-order chi connectivity index (χ0) is 19.5. The third-order valence-corrected chi connectivity index (χ3v) is 4.63. The summed E-state index contributed by atoms with van der Waals surface area (Å²) in [5.74, 6) is -0.937. The van der Waals surface area contributed by atoms with Crippen LogP contribution >= 0.6 is 0 Å². The van der Waals surface area contributed by atoms with E-state index >= 15 is 0 Å². The molecule has 0 fully saturated rings. The molecule has 0 atom stereocenters. The van der Waals surface area contributed by atoms with Crippen LogP contribution in [-0.2, 0) is 7.05 Å². The quantitative estimate of drug-likeness (QED) is 0.539. The number of carbonyl (C=O) groups is 1. The monoisotopic (exact) mass is 373 g/mol. The van der Waals surface area contributed by atoms with E-state index in [-0.39, 0.29) is 11.7 Å². The zero-order valence-electron chi connectivity index (χ0n) is 15.3. The van der Waals surface area contributed by atoms with Gasteiger partial charge in [-0.1, -0.05) is 60.7 Å². The van der Waals surface area contributed by atoms with Crippen molar-refractivity contribution in [2.24, 2.45) is 7.05 Å². The molecule has 28 heavy (non-hydrogen) atoms. The third kappa shape index (κ3) is 3.42. The highest BCUT2D eigenvalue weighted by atomic mass is 16.4. The smallest absolute Gasteiger partial charge is 0.374 e. The van der Waals surface area contributed by atoms with Crippen LogP contribution in [0.1, 0.15) is 27.7 Å². The summed E-state index contributed by atoms with van der Waals surface area (Å²) in [6, 6.07) is 20.3. The summed E-state index contributed by atoms with van der Waals surface area (Å²) in [5, 5.41) is 12.7. The van der Waals surface area contributed by atoms with E-state index in [2.05, 4.69) is 44.5 Å². The number of nitrogens with one attached hydrogen (secondary N) is 1. The average molecular weight is 373 g/mol. The Hall–Kier alpha value is -3.74. The summed E-state index contributed by atoms with van der Waals surface area (Å²) in [5.41, 5.74) is 3.34. The standard InChI is InChI=1S/C21H19N5O2/c1-26-13-23-17-18(24-19(21(27)28)25-20(17)26)22-12-16(14-8-4-2-5-9-14)15-10-6-3-7-11-15/h2-11,13,16H,12H2,1H3,(H,27,28)(H,22,24,25). The van der Waals surface area contributed by atoms with Crippen LogP contribution < -0.4 is 5.32 Å². The van der Waals surface area contributed by atoms with Crippen LogP contribution in [-0.4, -0.2) is 37.1 Å². The molecule has 0 spiro atoms. The molecule has 2 aromatic heterocycles. The Morgan fingerprint density at radius 2 is 1.64 bits per heavy atom. The van der Waals surface area contributed by atoms with Gasteiger partial charge in [-0.3, -0.25) is 0 Å². The lowest BCUT2D eigenvalue weighted by Crippen LogP contribution is -2.16. The predicted octanol–water partition coefficient (Wildman–Crippen LogP) is 3.31. The van der Waals surface area contributed by atoms with Crippen molar-refractivity contribution >= 4 is 23.0 Å². The van der Waals surface area contributed by atoms with Gasteiger partial charge < -0.3 is 15.0 Å². The Morgan fingerprint density at radius 1 is 1.04 bits per heavy atom. The molecule has 0 aliphatic rings. The highest BCUT2D eigenvalue weighted by molar-refractivity contribution is 5.90. The van der Waals surface area contributed by atoms with E-state index in [9.17, 15) is 9.90 Å². The molecule has 0 aliphatic carbocycles. The highest BCUT2D eigenvalue weighted by Gasteiger charge is 2.19. The van der Waals surface area contributed by atoms with Gasteiger partial charge in [0.2, 0.25) is 5.82 Å². The molecule has 2 aromatic carbocycles. The van der Waals surface area contributed by atoms with Gasteiger partial charge in [0.15, 0.2) is 11.5 Å². The number of nitrogens with zero attached hydrogens (tertiary/aromatic N) is 4. The van der Waals surface area contributed by atoms with E-state index in [0.717, 1.165) is 11.1 Å². The summed E-state index contributed by atoms with van der Waals surface area (Å²) in [4.78, 5) is 24.0. The Bertz CT molecular complexity index is 1070. The van der Waals surface area contributed by atoms with Crippen molar-refractivity contribution in [3.05, 3.63) is 83.9 Å². The maximum Gasteiger partial charge on any atom is 0.374 e. The molecule has 0 amide bonds. The number of hydrogen-bond donors (Lipinski definition) is 2. The number of fused-ring (bicyclic) bond motifs is 1. The number of imidazole rings is 1. The van der Waals surface area contributed by atoms with E-state index in [4.69, 9.17) is 0 Å². The molecule has 4 rings (SSSR count). The molecule has 140 valence electrons. The summed E-state index contributed by atoms with van der Waals surface area (Å²) < 4.78 is 1.68. The van der Waals surface area contributed by atoms with Gasteiger partial charge in [-0.25, -0.2) is 19.7 Å². The summed E-state index contributed by atoms with van der Waals surface area (Å²) in [7, 11) is 1.77. The lowest BCUT2D eigenvalue weighted by molar-refractivity contribution is 0.0684. The van der Waals surface area contributed by atoms with Gasteiger partial charge in [-0.2, -0.15) is 0 Å². The predicted molar refractivity (Wildman–Crippen MR) is 106 cm³/mol. The van der Waals surface area contributed by atoms with E-state index in [1.54, 1.807) is 17.9 Å². The lowest BCUT2D eigenvalue weighted by Gasteiger charge is -2.19. The molecule has 0 saturated heterocycles. The van der Waals surface area contributed by atoms with Crippen molar-refractivity contribution in [3.63, 3.8) is 0 Å². The molecule has 2 heterocycles. The Kier molecular flexibility index (Phi) is 4.72. The van der Waals surface area contributed by atoms with Crippen LogP contribution in [0.15, 0.2) is 67.0 Å². The van der Waals surface area contributed by atoms with Gasteiger partial charge in [0, 0.05) is 19.5 Å². The minimum absolute atomic E-state index is 0.0735. The second-order valence-electron chi connectivity index (χ2n) is 6.48. The molecule has 0 aliphatic heterocycles. The van der Waals surface area contributed by atoms with Crippen LogP contribution in [0.25, 0.3) is 11.2 Å². The fraction of sp³-hybridized carbons (Fsp3) is 0.143. The van der Waals surface area contributed by atoms with E-state index in [1.165, 1.54) is 0 Å².